The summed E-state index contributed by atoms with van der Waals surface area (Å²) in [5.74, 6) is -0.434. The molecule has 2 atom stereocenters. The molecule has 0 spiro atoms. The van der Waals surface area contributed by atoms with E-state index >= 15 is 0 Å². The number of nitrogens with zero attached hydrogens (tertiary/aromatic N) is 1. The van der Waals surface area contributed by atoms with Crippen LogP contribution in [0, 0.1) is 5.92 Å². The van der Waals surface area contributed by atoms with Crippen LogP contribution in [0.1, 0.15) is 12.8 Å². The lowest BCUT2D eigenvalue weighted by Gasteiger charge is -2.29. The highest BCUT2D eigenvalue weighted by molar-refractivity contribution is 7.89. The standard InChI is InChI=1S/C13H13Cl2NO4S/c14-10-2-1-9(7-11(10)15)21(18,19)16-5-3-8-4-6-20-13(17)12(8)16/h1-2,7-8,12H,3-6H2/t8-,12-/m0/s1. The molecule has 0 N–H and O–H groups in total. The van der Waals surface area contributed by atoms with E-state index in [2.05, 4.69) is 0 Å². The van der Waals surface area contributed by atoms with Crippen LogP contribution in [0.2, 0.25) is 10.0 Å². The van der Waals surface area contributed by atoms with Gasteiger partial charge in [0.05, 0.1) is 21.5 Å². The van der Waals surface area contributed by atoms with Gasteiger partial charge < -0.3 is 4.74 Å². The van der Waals surface area contributed by atoms with E-state index in [0.717, 1.165) is 0 Å². The lowest BCUT2D eigenvalue weighted by atomic mass is 9.96. The third kappa shape index (κ3) is 2.54. The van der Waals surface area contributed by atoms with E-state index < -0.39 is 22.0 Å². The van der Waals surface area contributed by atoms with E-state index in [1.807, 2.05) is 0 Å². The minimum absolute atomic E-state index is 0.0313. The predicted octanol–water partition coefficient (Wildman–Crippen LogP) is 2.32. The molecule has 0 bridgehead atoms. The van der Waals surface area contributed by atoms with Crippen LogP contribution in [0.5, 0.6) is 0 Å². The van der Waals surface area contributed by atoms with Crippen molar-refractivity contribution in [3.63, 3.8) is 0 Å². The minimum atomic E-state index is -3.79. The molecule has 21 heavy (non-hydrogen) atoms. The molecule has 0 unspecified atom stereocenters. The number of hydrogen-bond acceptors (Lipinski definition) is 4. The summed E-state index contributed by atoms with van der Waals surface area (Å²) in [7, 11) is -3.79. The zero-order valence-corrected chi connectivity index (χ0v) is 13.3. The number of halogens is 2. The second-order valence-electron chi connectivity index (χ2n) is 5.14. The minimum Gasteiger partial charge on any atom is -0.464 e. The van der Waals surface area contributed by atoms with Gasteiger partial charge >= 0.3 is 5.97 Å². The molecule has 1 aromatic rings. The quantitative estimate of drug-likeness (QED) is 0.768. The van der Waals surface area contributed by atoms with E-state index in [1.54, 1.807) is 0 Å². The lowest BCUT2D eigenvalue weighted by molar-refractivity contribution is -0.153. The van der Waals surface area contributed by atoms with Crippen LogP contribution in [-0.2, 0) is 19.6 Å². The first-order chi connectivity index (χ1) is 9.91. The van der Waals surface area contributed by atoms with Gasteiger partial charge in [0.15, 0.2) is 0 Å². The van der Waals surface area contributed by atoms with Crippen molar-refractivity contribution in [1.29, 1.82) is 0 Å². The van der Waals surface area contributed by atoms with E-state index in [4.69, 9.17) is 27.9 Å². The molecular weight excluding hydrogens is 337 g/mol. The zero-order valence-electron chi connectivity index (χ0n) is 11.0. The Morgan fingerprint density at radius 2 is 1.95 bits per heavy atom. The topological polar surface area (TPSA) is 63.7 Å². The smallest absolute Gasteiger partial charge is 0.324 e. The van der Waals surface area contributed by atoms with Gasteiger partial charge in [0.25, 0.3) is 0 Å². The number of sulfonamides is 1. The van der Waals surface area contributed by atoms with Gasteiger partial charge in [-0.15, -0.1) is 0 Å². The average Bonchev–Trinajstić information content (AvgIpc) is 2.88. The largest absolute Gasteiger partial charge is 0.464 e. The van der Waals surface area contributed by atoms with Crippen LogP contribution < -0.4 is 0 Å². The van der Waals surface area contributed by atoms with Crippen LogP contribution in [0.4, 0.5) is 0 Å². The van der Waals surface area contributed by atoms with Crippen molar-refractivity contribution in [1.82, 2.24) is 4.31 Å². The Hall–Kier alpha value is -0.820. The second kappa shape index (κ2) is 5.43. The number of ether oxygens (including phenoxy) is 1. The summed E-state index contributed by atoms with van der Waals surface area (Å²) in [6, 6.07) is 3.41. The Morgan fingerprint density at radius 1 is 1.19 bits per heavy atom. The van der Waals surface area contributed by atoms with Crippen molar-refractivity contribution in [2.75, 3.05) is 13.2 Å². The molecule has 2 fully saturated rings. The molecule has 5 nitrogen and oxygen atoms in total. The Labute approximate surface area is 132 Å². The monoisotopic (exact) mass is 349 g/mol. The fourth-order valence-corrected chi connectivity index (χ4v) is 4.92. The summed E-state index contributed by atoms with van der Waals surface area (Å²) in [6.45, 7) is 0.674. The third-order valence-electron chi connectivity index (χ3n) is 3.95. The molecule has 2 aliphatic rings. The number of rotatable bonds is 2. The van der Waals surface area contributed by atoms with E-state index in [-0.39, 0.29) is 20.9 Å². The number of carbonyl (C=O) groups is 1. The normalized spacial score (nSPS) is 26.5. The first-order valence-electron chi connectivity index (χ1n) is 6.55. The van der Waals surface area contributed by atoms with Crippen LogP contribution in [0.15, 0.2) is 23.1 Å². The lowest BCUT2D eigenvalue weighted by Crippen LogP contribution is -2.46. The summed E-state index contributed by atoms with van der Waals surface area (Å²) < 4.78 is 31.7. The van der Waals surface area contributed by atoms with Gasteiger partial charge in [-0.05, 0) is 37.0 Å². The highest BCUT2D eigenvalue weighted by Crippen LogP contribution is 2.36. The Morgan fingerprint density at radius 3 is 2.67 bits per heavy atom. The molecule has 0 amide bonds. The highest BCUT2D eigenvalue weighted by Gasteiger charge is 2.48. The fourth-order valence-electron chi connectivity index (χ4n) is 2.88. The molecule has 0 radical (unpaired) electrons. The molecule has 2 saturated heterocycles. The molecule has 0 saturated carbocycles. The molecule has 1 aromatic carbocycles. The molecule has 8 heteroatoms. The number of benzene rings is 1. The first kappa shape index (κ1) is 15.1. The van der Waals surface area contributed by atoms with E-state index in [0.29, 0.717) is 26.0 Å². The van der Waals surface area contributed by atoms with Gasteiger partial charge in [-0.25, -0.2) is 8.42 Å². The van der Waals surface area contributed by atoms with Crippen molar-refractivity contribution >= 4 is 39.2 Å². The maximum absolute atomic E-state index is 12.7. The van der Waals surface area contributed by atoms with Crippen LogP contribution in [-0.4, -0.2) is 37.9 Å². The van der Waals surface area contributed by atoms with E-state index in [1.165, 1.54) is 22.5 Å². The number of esters is 1. The number of cyclic esters (lactones) is 1. The molecule has 0 aromatic heterocycles. The van der Waals surface area contributed by atoms with Gasteiger partial charge in [-0.3, -0.25) is 4.79 Å². The summed E-state index contributed by atoms with van der Waals surface area (Å²) in [6.07, 6.45) is 1.37. The Balaban J connectivity index is 1.98. The Bertz CT molecular complexity index is 691. The molecule has 0 aliphatic carbocycles. The van der Waals surface area contributed by atoms with Crippen LogP contribution in [0.25, 0.3) is 0 Å². The highest BCUT2D eigenvalue weighted by atomic mass is 35.5. The predicted molar refractivity (Wildman–Crippen MR) is 77.8 cm³/mol. The molecular formula is C13H13Cl2NO4S. The van der Waals surface area contributed by atoms with E-state index in [9.17, 15) is 13.2 Å². The van der Waals surface area contributed by atoms with Crippen molar-refractivity contribution in [3.05, 3.63) is 28.2 Å². The third-order valence-corrected chi connectivity index (χ3v) is 6.57. The number of carbonyl (C=O) groups excluding carboxylic acids is 1. The summed E-state index contributed by atoms with van der Waals surface area (Å²) in [5, 5.41) is 0.451. The molecule has 114 valence electrons. The van der Waals surface area contributed by atoms with Crippen molar-refractivity contribution in [3.8, 4) is 0 Å². The van der Waals surface area contributed by atoms with Gasteiger partial charge in [0.1, 0.15) is 6.04 Å². The Kier molecular flexibility index (Phi) is 3.90. The maximum Gasteiger partial charge on any atom is 0.324 e. The zero-order chi connectivity index (χ0) is 15.2. The summed E-state index contributed by atoms with van der Waals surface area (Å²) in [4.78, 5) is 11.9. The summed E-state index contributed by atoms with van der Waals surface area (Å²) >= 11 is 11.7. The van der Waals surface area contributed by atoms with Crippen LogP contribution >= 0.6 is 23.2 Å². The SMILES string of the molecule is O=C1OCC[C@@H]2CCN(S(=O)(=O)c3ccc(Cl)c(Cl)c3)[C@H]12. The van der Waals surface area contributed by atoms with Gasteiger partial charge in [0.2, 0.25) is 10.0 Å². The second-order valence-corrected chi connectivity index (χ2v) is 7.85. The number of fused-ring (bicyclic) bond motifs is 1. The van der Waals surface area contributed by atoms with Crippen molar-refractivity contribution in [2.45, 2.75) is 23.8 Å². The average molecular weight is 350 g/mol. The molecule has 2 aliphatic heterocycles. The molecule has 3 rings (SSSR count). The molecule has 2 heterocycles. The van der Waals surface area contributed by atoms with Gasteiger partial charge in [0, 0.05) is 6.54 Å². The first-order valence-corrected chi connectivity index (χ1v) is 8.74. The number of hydrogen-bond donors (Lipinski definition) is 0. The van der Waals surface area contributed by atoms with Crippen molar-refractivity contribution < 1.29 is 17.9 Å². The van der Waals surface area contributed by atoms with Crippen molar-refractivity contribution in [2.24, 2.45) is 5.92 Å². The maximum atomic E-state index is 12.7. The van der Waals surface area contributed by atoms with Gasteiger partial charge in [-0.2, -0.15) is 4.31 Å². The van der Waals surface area contributed by atoms with Crippen LogP contribution in [0.3, 0.4) is 0 Å². The van der Waals surface area contributed by atoms with Gasteiger partial charge in [-0.1, -0.05) is 23.2 Å². The summed E-state index contributed by atoms with van der Waals surface area (Å²) in [5.41, 5.74) is 0. The fraction of sp³-hybridized carbons (Fsp3) is 0.462.